The van der Waals surface area contributed by atoms with Crippen LogP contribution in [0, 0.1) is 0 Å². The summed E-state index contributed by atoms with van der Waals surface area (Å²) in [6, 6.07) is 12.5. The Morgan fingerprint density at radius 1 is 1.10 bits per heavy atom. The molecule has 2 aliphatic rings. The maximum Gasteiger partial charge on any atom is 0.308 e. The molecule has 0 radical (unpaired) electrons. The fourth-order valence-electron chi connectivity index (χ4n) is 6.28. The van der Waals surface area contributed by atoms with E-state index in [1.54, 1.807) is 24.3 Å². The normalized spacial score (nSPS) is 24.8. The average Bonchev–Trinajstić information content (AvgIpc) is 2.86. The molecule has 2 aromatic carbocycles. The molecule has 1 heterocycles. The van der Waals surface area contributed by atoms with E-state index in [2.05, 4.69) is 16.8 Å². The highest BCUT2D eigenvalue weighted by atomic mass is 35.5. The molecule has 0 bridgehead atoms. The Morgan fingerprint density at radius 3 is 2.59 bits per heavy atom. The van der Waals surface area contributed by atoms with Gasteiger partial charge in [0.05, 0.1) is 16.5 Å². The number of likely N-dealkylation sites (tertiary alicyclic amines) is 1. The Kier molecular flexibility index (Phi) is 9.04. The van der Waals surface area contributed by atoms with E-state index in [9.17, 15) is 14.4 Å². The molecule has 1 N–H and O–H groups in total. The third-order valence-corrected chi connectivity index (χ3v) is 8.52. The lowest BCUT2D eigenvalue weighted by Gasteiger charge is -2.59. The standard InChI is InChI=1S/C30H34Cl2N2O5/c1-4-13-34-14-12-29(23-6-5-7-25(17-23)38-20(2)35)18-24(10-11-30(29,19-34)39-21(3)36)33-28(37)16-22-8-9-26(31)27(32)15-22/h4-9,15,17,24H,1,10-14,16,18-19H2,2-3H3,(H,33,37)/t24-,29-,30-/m0/s1. The highest BCUT2D eigenvalue weighted by Gasteiger charge is 2.60. The highest BCUT2D eigenvalue weighted by molar-refractivity contribution is 6.42. The van der Waals surface area contributed by atoms with E-state index in [4.69, 9.17) is 32.7 Å². The van der Waals surface area contributed by atoms with Crippen LogP contribution in [0.1, 0.15) is 50.7 Å². The van der Waals surface area contributed by atoms with Gasteiger partial charge in [-0.3, -0.25) is 19.3 Å². The summed E-state index contributed by atoms with van der Waals surface area (Å²) < 4.78 is 11.7. The summed E-state index contributed by atoms with van der Waals surface area (Å²) in [5.41, 5.74) is 0.268. The lowest BCUT2D eigenvalue weighted by molar-refractivity contribution is -0.186. The molecule has 2 fully saturated rings. The zero-order chi connectivity index (χ0) is 28.2. The van der Waals surface area contributed by atoms with E-state index >= 15 is 0 Å². The molecule has 0 unspecified atom stereocenters. The number of amides is 1. The molecular weight excluding hydrogens is 539 g/mol. The van der Waals surface area contributed by atoms with Crippen LogP contribution in [0.4, 0.5) is 0 Å². The third kappa shape index (κ3) is 6.48. The predicted octanol–water partition coefficient (Wildman–Crippen LogP) is 5.26. The lowest BCUT2D eigenvalue weighted by atomic mass is 9.55. The van der Waals surface area contributed by atoms with Gasteiger partial charge in [-0.2, -0.15) is 0 Å². The zero-order valence-electron chi connectivity index (χ0n) is 22.3. The number of hydrogen-bond acceptors (Lipinski definition) is 6. The van der Waals surface area contributed by atoms with Crippen LogP contribution in [0.15, 0.2) is 55.1 Å². The minimum Gasteiger partial charge on any atom is -0.457 e. The molecule has 208 valence electrons. The zero-order valence-corrected chi connectivity index (χ0v) is 23.8. The number of carbonyl (C=O) groups is 3. The first-order chi connectivity index (χ1) is 18.6. The summed E-state index contributed by atoms with van der Waals surface area (Å²) in [5, 5.41) is 4.06. The van der Waals surface area contributed by atoms with Gasteiger partial charge in [0.15, 0.2) is 0 Å². The first-order valence-corrected chi connectivity index (χ1v) is 13.9. The van der Waals surface area contributed by atoms with E-state index in [1.165, 1.54) is 13.8 Å². The SMILES string of the molecule is C=CCN1CC[C@@]2(c3cccc(OC(C)=O)c3)C[C@@H](NC(=O)Cc3ccc(Cl)c(Cl)c3)CC[C@]2(OC(C)=O)C1. The molecule has 3 atom stereocenters. The van der Waals surface area contributed by atoms with Gasteiger partial charge in [0.1, 0.15) is 11.4 Å². The number of nitrogens with zero attached hydrogens (tertiary/aromatic N) is 1. The summed E-state index contributed by atoms with van der Waals surface area (Å²) in [7, 11) is 0. The van der Waals surface area contributed by atoms with Crippen molar-refractivity contribution < 1.29 is 23.9 Å². The smallest absolute Gasteiger partial charge is 0.308 e. The first kappa shape index (κ1) is 29.1. The average molecular weight is 574 g/mol. The van der Waals surface area contributed by atoms with Crippen molar-refractivity contribution in [1.82, 2.24) is 10.2 Å². The van der Waals surface area contributed by atoms with Crippen molar-refractivity contribution in [2.75, 3.05) is 19.6 Å². The number of carbonyl (C=O) groups excluding carboxylic acids is 3. The van der Waals surface area contributed by atoms with Gasteiger partial charge < -0.3 is 14.8 Å². The first-order valence-electron chi connectivity index (χ1n) is 13.1. The van der Waals surface area contributed by atoms with Crippen LogP contribution in [-0.4, -0.2) is 54.0 Å². The minimum atomic E-state index is -0.820. The summed E-state index contributed by atoms with van der Waals surface area (Å²) in [6.07, 6.45) is 4.49. The molecule has 2 aromatic rings. The van der Waals surface area contributed by atoms with Crippen LogP contribution >= 0.6 is 23.2 Å². The quantitative estimate of drug-likeness (QED) is 0.264. The predicted molar refractivity (Wildman–Crippen MR) is 151 cm³/mol. The highest BCUT2D eigenvalue weighted by Crippen LogP contribution is 2.54. The molecule has 1 aliphatic heterocycles. The molecule has 0 aromatic heterocycles. The van der Waals surface area contributed by atoms with Crippen molar-refractivity contribution in [3.63, 3.8) is 0 Å². The van der Waals surface area contributed by atoms with Crippen molar-refractivity contribution in [1.29, 1.82) is 0 Å². The van der Waals surface area contributed by atoms with Crippen LogP contribution in [0.2, 0.25) is 10.0 Å². The number of halogens is 2. The van der Waals surface area contributed by atoms with Crippen LogP contribution in [0.25, 0.3) is 0 Å². The fourth-order valence-corrected chi connectivity index (χ4v) is 6.61. The molecule has 1 saturated heterocycles. The molecule has 7 nitrogen and oxygen atoms in total. The number of benzene rings is 2. The van der Waals surface area contributed by atoms with Crippen LogP contribution in [0.5, 0.6) is 5.75 Å². The van der Waals surface area contributed by atoms with Gasteiger partial charge in [-0.1, -0.05) is 47.5 Å². The van der Waals surface area contributed by atoms with Gasteiger partial charge in [0, 0.05) is 38.4 Å². The number of piperidine rings is 1. The molecule has 1 aliphatic carbocycles. The maximum atomic E-state index is 13.1. The van der Waals surface area contributed by atoms with Crippen molar-refractivity contribution in [3.8, 4) is 5.75 Å². The van der Waals surface area contributed by atoms with E-state index in [-0.39, 0.29) is 24.3 Å². The van der Waals surface area contributed by atoms with Crippen LogP contribution < -0.4 is 10.1 Å². The Balaban J connectivity index is 1.67. The molecule has 1 saturated carbocycles. The topological polar surface area (TPSA) is 84.9 Å². The van der Waals surface area contributed by atoms with E-state index in [0.29, 0.717) is 54.6 Å². The second kappa shape index (κ2) is 12.1. The van der Waals surface area contributed by atoms with Gasteiger partial charge in [-0.05, 0) is 67.6 Å². The van der Waals surface area contributed by atoms with E-state index in [0.717, 1.165) is 17.7 Å². The number of nitrogens with one attached hydrogen (secondary N) is 1. The number of esters is 2. The summed E-state index contributed by atoms with van der Waals surface area (Å²) >= 11 is 12.2. The summed E-state index contributed by atoms with van der Waals surface area (Å²) in [4.78, 5) is 39.5. The molecule has 9 heteroatoms. The maximum absolute atomic E-state index is 13.1. The Morgan fingerprint density at radius 2 is 1.90 bits per heavy atom. The second-order valence-corrected chi connectivity index (χ2v) is 11.3. The number of hydrogen-bond donors (Lipinski definition) is 1. The van der Waals surface area contributed by atoms with Crippen molar-refractivity contribution in [2.24, 2.45) is 0 Å². The van der Waals surface area contributed by atoms with Gasteiger partial charge in [-0.15, -0.1) is 6.58 Å². The minimum absolute atomic E-state index is 0.119. The third-order valence-electron chi connectivity index (χ3n) is 7.79. The monoisotopic (exact) mass is 572 g/mol. The van der Waals surface area contributed by atoms with Gasteiger partial charge in [0.2, 0.25) is 5.91 Å². The Hall–Kier alpha value is -2.87. The van der Waals surface area contributed by atoms with Gasteiger partial charge >= 0.3 is 11.9 Å². The van der Waals surface area contributed by atoms with Crippen LogP contribution in [-0.2, 0) is 31.0 Å². The Labute approximate surface area is 239 Å². The largest absolute Gasteiger partial charge is 0.457 e. The molecule has 0 spiro atoms. The van der Waals surface area contributed by atoms with Gasteiger partial charge in [-0.25, -0.2) is 0 Å². The Bertz CT molecular complexity index is 1270. The van der Waals surface area contributed by atoms with Crippen LogP contribution in [0.3, 0.4) is 0 Å². The van der Waals surface area contributed by atoms with Gasteiger partial charge in [0.25, 0.3) is 0 Å². The lowest BCUT2D eigenvalue weighted by Crippen LogP contribution is -2.68. The second-order valence-electron chi connectivity index (χ2n) is 10.5. The molecule has 4 rings (SSSR count). The van der Waals surface area contributed by atoms with Crippen molar-refractivity contribution >= 4 is 41.0 Å². The summed E-state index contributed by atoms with van der Waals surface area (Å²) in [5.74, 6) is -0.442. The number of rotatable bonds is 8. The molecule has 1 amide bonds. The molecular formula is C30H34Cl2N2O5. The number of ether oxygens (including phenoxy) is 2. The summed E-state index contributed by atoms with van der Waals surface area (Å²) in [6.45, 7) is 8.66. The van der Waals surface area contributed by atoms with Crippen molar-refractivity contribution in [3.05, 3.63) is 76.3 Å². The molecule has 39 heavy (non-hydrogen) atoms. The fraction of sp³-hybridized carbons (Fsp3) is 0.433. The number of fused-ring (bicyclic) bond motifs is 1. The van der Waals surface area contributed by atoms with Crippen molar-refractivity contribution in [2.45, 2.75) is 63.0 Å². The van der Waals surface area contributed by atoms with E-state index < -0.39 is 17.0 Å². The van der Waals surface area contributed by atoms with E-state index in [1.807, 2.05) is 24.3 Å².